The summed E-state index contributed by atoms with van der Waals surface area (Å²) in [5.41, 5.74) is 7.22. The third kappa shape index (κ3) is 3.77. The van der Waals surface area contributed by atoms with Crippen molar-refractivity contribution < 1.29 is 9.53 Å². The van der Waals surface area contributed by atoms with Crippen LogP contribution in [0, 0.1) is 0 Å². The number of halogens is 2. The standard InChI is InChI=1S/C11H15ClN2O2.ClH/c1-14(2)7-4-5-8(9(12)6-7)10(13)11(15)16-3;/h4-6,10H,13H2,1-3H3;1H/t10-;/m0./s1. The number of hydrogen-bond donors (Lipinski definition) is 1. The molecule has 0 aliphatic heterocycles. The summed E-state index contributed by atoms with van der Waals surface area (Å²) in [6.07, 6.45) is 0. The molecular formula is C11H16Cl2N2O2. The molecule has 0 bridgehead atoms. The zero-order valence-electron chi connectivity index (χ0n) is 9.94. The minimum absolute atomic E-state index is 0. The Balaban J connectivity index is 0.00000256. The molecule has 4 nitrogen and oxygen atoms in total. The molecule has 17 heavy (non-hydrogen) atoms. The van der Waals surface area contributed by atoms with Gasteiger partial charge in [-0.15, -0.1) is 12.4 Å². The number of hydrogen-bond acceptors (Lipinski definition) is 4. The van der Waals surface area contributed by atoms with E-state index in [2.05, 4.69) is 4.74 Å². The molecule has 0 unspecified atom stereocenters. The third-order valence-electron chi connectivity index (χ3n) is 2.29. The Bertz CT molecular complexity index is 397. The molecule has 2 N–H and O–H groups in total. The van der Waals surface area contributed by atoms with Crippen molar-refractivity contribution in [3.05, 3.63) is 28.8 Å². The number of nitrogens with two attached hydrogens (primary N) is 1. The molecule has 1 atom stereocenters. The lowest BCUT2D eigenvalue weighted by Gasteiger charge is -2.16. The number of nitrogens with zero attached hydrogens (tertiary/aromatic N) is 1. The Labute approximate surface area is 112 Å². The number of rotatable bonds is 3. The highest BCUT2D eigenvalue weighted by Crippen LogP contribution is 2.26. The van der Waals surface area contributed by atoms with Crippen LogP contribution >= 0.6 is 24.0 Å². The van der Waals surface area contributed by atoms with E-state index >= 15 is 0 Å². The largest absolute Gasteiger partial charge is 0.468 e. The molecule has 0 saturated heterocycles. The van der Waals surface area contributed by atoms with E-state index in [1.54, 1.807) is 12.1 Å². The number of ether oxygens (including phenoxy) is 1. The maximum Gasteiger partial charge on any atom is 0.327 e. The molecule has 0 spiro atoms. The van der Waals surface area contributed by atoms with Gasteiger partial charge in [-0.1, -0.05) is 17.7 Å². The highest BCUT2D eigenvalue weighted by Gasteiger charge is 2.19. The lowest BCUT2D eigenvalue weighted by atomic mass is 10.1. The maximum absolute atomic E-state index is 11.3. The smallest absolute Gasteiger partial charge is 0.327 e. The molecular weight excluding hydrogens is 263 g/mol. The second-order valence-corrected chi connectivity index (χ2v) is 4.01. The van der Waals surface area contributed by atoms with E-state index < -0.39 is 12.0 Å². The summed E-state index contributed by atoms with van der Waals surface area (Å²) >= 11 is 6.05. The quantitative estimate of drug-likeness (QED) is 0.860. The van der Waals surface area contributed by atoms with E-state index in [0.717, 1.165) is 5.69 Å². The van der Waals surface area contributed by atoms with E-state index in [1.165, 1.54) is 7.11 Å². The van der Waals surface area contributed by atoms with Crippen molar-refractivity contribution in [2.24, 2.45) is 5.73 Å². The summed E-state index contributed by atoms with van der Waals surface area (Å²) in [6.45, 7) is 0. The first-order chi connectivity index (χ1) is 7.47. The molecule has 6 heteroatoms. The highest BCUT2D eigenvalue weighted by atomic mass is 35.5. The van der Waals surface area contributed by atoms with Crippen molar-refractivity contribution >= 4 is 35.7 Å². The molecule has 96 valence electrons. The Morgan fingerprint density at radius 3 is 2.47 bits per heavy atom. The van der Waals surface area contributed by atoms with Crippen LogP contribution in [0.1, 0.15) is 11.6 Å². The molecule has 0 radical (unpaired) electrons. The summed E-state index contributed by atoms with van der Waals surface area (Å²) in [6, 6.07) is 4.51. The molecule has 0 aliphatic rings. The first kappa shape index (κ1) is 16.0. The van der Waals surface area contributed by atoms with Crippen molar-refractivity contribution in [3.63, 3.8) is 0 Å². The molecule has 0 heterocycles. The van der Waals surface area contributed by atoms with Crippen molar-refractivity contribution in [3.8, 4) is 0 Å². The van der Waals surface area contributed by atoms with Gasteiger partial charge in [0.1, 0.15) is 6.04 Å². The second-order valence-electron chi connectivity index (χ2n) is 3.60. The summed E-state index contributed by atoms with van der Waals surface area (Å²) in [7, 11) is 5.11. The van der Waals surface area contributed by atoms with E-state index in [4.69, 9.17) is 17.3 Å². The van der Waals surface area contributed by atoms with Crippen LogP contribution in [0.4, 0.5) is 5.69 Å². The number of anilines is 1. The van der Waals surface area contributed by atoms with E-state index in [-0.39, 0.29) is 12.4 Å². The van der Waals surface area contributed by atoms with Gasteiger partial charge in [-0.25, -0.2) is 0 Å². The number of esters is 1. The van der Waals surface area contributed by atoms with E-state index in [9.17, 15) is 4.79 Å². The lowest BCUT2D eigenvalue weighted by molar-refractivity contribution is -0.142. The minimum atomic E-state index is -0.839. The van der Waals surface area contributed by atoms with Crippen molar-refractivity contribution in [1.29, 1.82) is 0 Å². The predicted molar refractivity (Wildman–Crippen MR) is 72.0 cm³/mol. The molecule has 0 aromatic heterocycles. The molecule has 0 aliphatic carbocycles. The maximum atomic E-state index is 11.3. The predicted octanol–water partition coefficient (Wildman–Crippen LogP) is 2.00. The van der Waals surface area contributed by atoms with Crippen molar-refractivity contribution in [2.75, 3.05) is 26.1 Å². The first-order valence-electron chi connectivity index (χ1n) is 4.77. The number of carbonyl (C=O) groups excluding carboxylic acids is 1. The number of carbonyl (C=O) groups is 1. The van der Waals surface area contributed by atoms with Crippen molar-refractivity contribution in [2.45, 2.75) is 6.04 Å². The van der Waals surface area contributed by atoms with Crippen LogP contribution in [-0.4, -0.2) is 27.2 Å². The molecule has 0 fully saturated rings. The van der Waals surface area contributed by atoms with Gasteiger partial charge >= 0.3 is 5.97 Å². The van der Waals surface area contributed by atoms with E-state index in [0.29, 0.717) is 10.6 Å². The molecule has 0 amide bonds. The number of methoxy groups -OCH3 is 1. The number of benzene rings is 1. The van der Waals surface area contributed by atoms with Crippen LogP contribution < -0.4 is 10.6 Å². The molecule has 1 rings (SSSR count). The Hall–Kier alpha value is -0.970. The van der Waals surface area contributed by atoms with Gasteiger partial charge in [0.15, 0.2) is 0 Å². The molecule has 0 saturated carbocycles. The summed E-state index contributed by atoms with van der Waals surface area (Å²) in [5.74, 6) is -0.500. The zero-order valence-corrected chi connectivity index (χ0v) is 11.5. The van der Waals surface area contributed by atoms with Gasteiger partial charge in [-0.3, -0.25) is 4.79 Å². The second kappa shape index (κ2) is 6.69. The van der Waals surface area contributed by atoms with Crippen LogP contribution in [-0.2, 0) is 9.53 Å². The highest BCUT2D eigenvalue weighted by molar-refractivity contribution is 6.32. The zero-order chi connectivity index (χ0) is 12.3. The summed E-state index contributed by atoms with van der Waals surface area (Å²) in [4.78, 5) is 13.2. The van der Waals surface area contributed by atoms with Gasteiger partial charge < -0.3 is 15.4 Å². The normalized spacial score (nSPS) is 11.4. The Morgan fingerprint density at radius 2 is 2.06 bits per heavy atom. The average molecular weight is 279 g/mol. The van der Waals surface area contributed by atoms with E-state index in [1.807, 2.05) is 25.1 Å². The van der Waals surface area contributed by atoms with Gasteiger partial charge in [0.05, 0.1) is 7.11 Å². The van der Waals surface area contributed by atoms with Crippen LogP contribution in [0.15, 0.2) is 18.2 Å². The molecule has 1 aromatic carbocycles. The summed E-state index contributed by atoms with van der Waals surface area (Å²) in [5, 5.41) is 0.462. The fourth-order valence-electron chi connectivity index (χ4n) is 1.30. The van der Waals surface area contributed by atoms with Crippen LogP contribution in [0.2, 0.25) is 5.02 Å². The first-order valence-corrected chi connectivity index (χ1v) is 5.15. The SMILES string of the molecule is COC(=O)[C@@H](N)c1ccc(N(C)C)cc1Cl.Cl. The molecule has 1 aromatic rings. The third-order valence-corrected chi connectivity index (χ3v) is 2.62. The van der Waals surface area contributed by atoms with Gasteiger partial charge in [0.25, 0.3) is 0 Å². The van der Waals surface area contributed by atoms with Crippen molar-refractivity contribution in [1.82, 2.24) is 0 Å². The Morgan fingerprint density at radius 1 is 1.47 bits per heavy atom. The average Bonchev–Trinajstić information content (AvgIpc) is 2.26. The van der Waals surface area contributed by atoms with Crippen LogP contribution in [0.5, 0.6) is 0 Å². The van der Waals surface area contributed by atoms with Gasteiger partial charge in [0.2, 0.25) is 0 Å². The monoisotopic (exact) mass is 278 g/mol. The fraction of sp³-hybridized carbons (Fsp3) is 0.364. The topological polar surface area (TPSA) is 55.6 Å². The Kier molecular flexibility index (Phi) is 6.31. The van der Waals surface area contributed by atoms with Gasteiger partial charge in [-0.2, -0.15) is 0 Å². The van der Waals surface area contributed by atoms with Crippen LogP contribution in [0.25, 0.3) is 0 Å². The minimum Gasteiger partial charge on any atom is -0.468 e. The van der Waals surface area contributed by atoms with Crippen LogP contribution in [0.3, 0.4) is 0 Å². The lowest BCUT2D eigenvalue weighted by Crippen LogP contribution is -2.23. The van der Waals surface area contributed by atoms with Gasteiger partial charge in [0, 0.05) is 24.8 Å². The summed E-state index contributed by atoms with van der Waals surface area (Å²) < 4.78 is 4.57. The fourth-order valence-corrected chi connectivity index (χ4v) is 1.59. The van der Waals surface area contributed by atoms with Gasteiger partial charge in [-0.05, 0) is 17.7 Å².